The number of aromatic nitrogens is 1. The van der Waals surface area contributed by atoms with Crippen LogP contribution in [-0.2, 0) is 84.4 Å². The molecule has 4 nitrogen and oxygen atoms in total. The summed E-state index contributed by atoms with van der Waals surface area (Å²) in [5, 5.41) is 10.1. The number of benzene rings is 1. The zero-order valence-electron chi connectivity index (χ0n) is 27.4. The van der Waals surface area contributed by atoms with Crippen LogP contribution in [0.2, 0.25) is 0 Å². The van der Waals surface area contributed by atoms with E-state index in [2.05, 4.69) is 111 Å². The number of nitrogens with one attached hydrogen (secondary N) is 1. The molecule has 2 aromatic heterocycles. The molecule has 0 aliphatic carbocycles. The van der Waals surface area contributed by atoms with Crippen molar-refractivity contribution in [3.05, 3.63) is 86.0 Å². The molecule has 1 aromatic carbocycles. The quantitative estimate of drug-likeness (QED) is 0.258. The Hall–Kier alpha value is -0.976. The molecule has 3 aromatic rings. The van der Waals surface area contributed by atoms with Crippen LogP contribution in [0.5, 0.6) is 0 Å². The SMILES string of the molecule is CC(C)Cc1ccc2n1CCNC2.CC(C)Cc1csc2c1CC[N-]C2.C[CH-]Cc1ccc2c(c1)CCN2C(C)C.[Y]. The van der Waals surface area contributed by atoms with Crippen molar-refractivity contribution < 1.29 is 32.7 Å². The fourth-order valence-electron chi connectivity index (χ4n) is 6.26. The van der Waals surface area contributed by atoms with Gasteiger partial charge in [-0.15, -0.1) is 13.1 Å². The molecule has 0 saturated carbocycles. The van der Waals surface area contributed by atoms with Gasteiger partial charge in [-0.2, -0.15) is 24.7 Å². The summed E-state index contributed by atoms with van der Waals surface area (Å²) in [5.74, 6) is 1.53. The molecule has 3 aliphatic heterocycles. The minimum atomic E-state index is 0. The van der Waals surface area contributed by atoms with E-state index in [-0.39, 0.29) is 32.7 Å². The van der Waals surface area contributed by atoms with Gasteiger partial charge < -0.3 is 26.5 Å². The first-order valence-corrected chi connectivity index (χ1v) is 16.9. The van der Waals surface area contributed by atoms with Gasteiger partial charge in [0.2, 0.25) is 0 Å². The maximum Gasteiger partial charge on any atom is 0.0402 e. The van der Waals surface area contributed by atoms with Gasteiger partial charge in [0.25, 0.3) is 0 Å². The molecular weight excluding hydrogens is 609 g/mol. The third-order valence-corrected chi connectivity index (χ3v) is 9.27. The minimum absolute atomic E-state index is 0. The van der Waals surface area contributed by atoms with Crippen molar-refractivity contribution in [1.29, 1.82) is 0 Å². The Morgan fingerprint density at radius 2 is 1.76 bits per heavy atom. The fraction of sp³-hybridized carbons (Fsp3) is 0.583. The summed E-state index contributed by atoms with van der Waals surface area (Å²) in [6, 6.07) is 12.1. The van der Waals surface area contributed by atoms with Crippen molar-refractivity contribution in [2.24, 2.45) is 11.8 Å². The van der Waals surface area contributed by atoms with Crippen molar-refractivity contribution >= 4 is 17.0 Å². The third-order valence-electron chi connectivity index (χ3n) is 8.21. The molecule has 0 amide bonds. The Bertz CT molecular complexity index is 1160. The number of fused-ring (bicyclic) bond motifs is 3. The molecule has 0 unspecified atom stereocenters. The number of thiophene rings is 1. The van der Waals surface area contributed by atoms with E-state index in [4.69, 9.17) is 0 Å². The molecule has 1 N–H and O–H groups in total. The van der Waals surface area contributed by atoms with Crippen molar-refractivity contribution in [3.8, 4) is 0 Å². The largest absolute Gasteiger partial charge is 0.658 e. The van der Waals surface area contributed by atoms with Crippen LogP contribution < -0.4 is 10.2 Å². The molecule has 3 aliphatic rings. The molecule has 42 heavy (non-hydrogen) atoms. The topological polar surface area (TPSA) is 34.3 Å². The van der Waals surface area contributed by atoms with Gasteiger partial charge in [0.1, 0.15) is 0 Å². The van der Waals surface area contributed by atoms with Crippen LogP contribution in [0.4, 0.5) is 5.69 Å². The third kappa shape index (κ3) is 9.76. The van der Waals surface area contributed by atoms with E-state index in [0.717, 1.165) is 51.0 Å². The number of nitrogens with zero attached hydrogens (tertiary/aromatic N) is 3. The minimum Gasteiger partial charge on any atom is -0.658 e. The predicted octanol–water partition coefficient (Wildman–Crippen LogP) is 8.39. The first-order chi connectivity index (χ1) is 19.8. The van der Waals surface area contributed by atoms with Crippen molar-refractivity contribution in [1.82, 2.24) is 9.88 Å². The van der Waals surface area contributed by atoms with Gasteiger partial charge in [-0.3, -0.25) is 0 Å². The van der Waals surface area contributed by atoms with Gasteiger partial charge >= 0.3 is 0 Å². The van der Waals surface area contributed by atoms with Crippen LogP contribution in [0, 0.1) is 18.3 Å². The average Bonchev–Trinajstić information content (AvgIpc) is 3.67. The van der Waals surface area contributed by atoms with Gasteiger partial charge in [0, 0.05) is 82.0 Å². The Morgan fingerprint density at radius 1 is 0.976 bits per heavy atom. The Labute approximate surface area is 286 Å². The van der Waals surface area contributed by atoms with Crippen LogP contribution in [-0.4, -0.2) is 30.2 Å². The molecule has 0 spiro atoms. The monoisotopic (exact) mass is 663 g/mol. The molecule has 0 atom stereocenters. The van der Waals surface area contributed by atoms with E-state index in [1.165, 1.54) is 65.3 Å². The predicted molar refractivity (Wildman–Crippen MR) is 179 cm³/mol. The number of rotatable bonds is 7. The van der Waals surface area contributed by atoms with Gasteiger partial charge in [-0.1, -0.05) is 45.4 Å². The summed E-state index contributed by atoms with van der Waals surface area (Å²) in [5.41, 5.74) is 10.6. The van der Waals surface area contributed by atoms with Crippen molar-refractivity contribution in [2.75, 3.05) is 24.5 Å². The molecular formula is C36H54N4SY-2. The van der Waals surface area contributed by atoms with E-state index in [0.29, 0.717) is 6.04 Å². The Balaban J connectivity index is 0.000000171. The molecule has 6 rings (SSSR count). The molecule has 229 valence electrons. The first-order valence-electron chi connectivity index (χ1n) is 16.0. The maximum absolute atomic E-state index is 4.42. The smallest absolute Gasteiger partial charge is 0.0402 e. The van der Waals surface area contributed by atoms with Gasteiger partial charge in [-0.25, -0.2) is 0 Å². The Kier molecular flexibility index (Phi) is 14.8. The summed E-state index contributed by atoms with van der Waals surface area (Å²) in [6.07, 6.45) is 8.16. The van der Waals surface area contributed by atoms with Crippen molar-refractivity contribution in [3.63, 3.8) is 0 Å². The number of anilines is 1. The van der Waals surface area contributed by atoms with Crippen LogP contribution in [0.25, 0.3) is 5.32 Å². The van der Waals surface area contributed by atoms with E-state index < -0.39 is 0 Å². The molecule has 1 radical (unpaired) electrons. The summed E-state index contributed by atoms with van der Waals surface area (Å²) in [6.45, 7) is 22.3. The molecule has 0 fully saturated rings. The molecule has 5 heterocycles. The number of hydrogen-bond donors (Lipinski definition) is 1. The summed E-state index contributed by atoms with van der Waals surface area (Å²) >= 11 is 1.90. The summed E-state index contributed by atoms with van der Waals surface area (Å²) in [4.78, 5) is 4.01. The van der Waals surface area contributed by atoms with E-state index in [9.17, 15) is 0 Å². The zero-order chi connectivity index (χ0) is 29.4. The molecule has 6 heteroatoms. The second-order valence-electron chi connectivity index (χ2n) is 13.0. The summed E-state index contributed by atoms with van der Waals surface area (Å²) in [7, 11) is 0. The number of hydrogen-bond acceptors (Lipinski definition) is 3. The second-order valence-corrected chi connectivity index (χ2v) is 13.9. The van der Waals surface area contributed by atoms with E-state index in [1.807, 2.05) is 11.3 Å². The first kappa shape index (κ1) is 35.5. The van der Waals surface area contributed by atoms with Crippen LogP contribution in [0.1, 0.15) is 87.0 Å². The Morgan fingerprint density at radius 3 is 2.48 bits per heavy atom. The normalized spacial score (nSPS) is 15.3. The van der Waals surface area contributed by atoms with E-state index >= 15 is 0 Å². The van der Waals surface area contributed by atoms with Gasteiger partial charge in [0.05, 0.1) is 0 Å². The average molecular weight is 664 g/mol. The van der Waals surface area contributed by atoms with Crippen LogP contribution in [0.3, 0.4) is 0 Å². The molecule has 0 bridgehead atoms. The van der Waals surface area contributed by atoms with Gasteiger partial charge in [0.15, 0.2) is 0 Å². The van der Waals surface area contributed by atoms with Gasteiger partial charge in [-0.05, 0) is 96.5 Å². The standard InChI is InChI=1S/C14H20N.C11H18N2.C11H16NS.Y/c1-4-5-12-6-7-14-13(10-12)8-9-15(14)11(2)3;1-9(2)7-10-3-4-11-8-12-5-6-13(10)11;1-8(2)5-9-7-13-11-6-12-4-3-10(9)11;/h4,6-7,10-11H,5,8-9H2,1-3H3;3-4,9,12H,5-8H2,1-2H3;7-8H,3-6H2,1-2H3;/q-1;;-1;. The summed E-state index contributed by atoms with van der Waals surface area (Å²) < 4.78 is 2.47. The van der Waals surface area contributed by atoms with E-state index in [1.54, 1.807) is 11.1 Å². The van der Waals surface area contributed by atoms with Crippen LogP contribution in [0.15, 0.2) is 35.7 Å². The fourth-order valence-corrected chi connectivity index (χ4v) is 7.32. The second kappa shape index (κ2) is 17.5. The maximum atomic E-state index is 4.42. The van der Waals surface area contributed by atoms with Crippen LogP contribution >= 0.6 is 11.3 Å². The molecule has 0 saturated heterocycles. The van der Waals surface area contributed by atoms with Crippen molar-refractivity contribution in [2.45, 2.75) is 106 Å². The zero-order valence-corrected chi connectivity index (χ0v) is 31.0.